The van der Waals surface area contributed by atoms with Gasteiger partial charge in [-0.25, -0.2) is 0 Å². The molecule has 0 unspecified atom stereocenters. The molecule has 1 aliphatic heterocycles. The van der Waals surface area contributed by atoms with Crippen LogP contribution in [0.1, 0.15) is 5.56 Å². The minimum Gasteiger partial charge on any atom is -0.379 e. The van der Waals surface area contributed by atoms with Crippen molar-refractivity contribution in [2.75, 3.05) is 32.8 Å². The number of ether oxygens (including phenoxy) is 1. The lowest BCUT2D eigenvalue weighted by atomic mass is 10.1. The van der Waals surface area contributed by atoms with Gasteiger partial charge in [0.15, 0.2) is 0 Å². The summed E-state index contributed by atoms with van der Waals surface area (Å²) in [5.41, 5.74) is 8.80. The lowest BCUT2D eigenvalue weighted by molar-refractivity contribution is 0.0353. The summed E-state index contributed by atoms with van der Waals surface area (Å²) in [4.78, 5) is 5.70. The Morgan fingerprint density at radius 3 is 2.89 bits per heavy atom. The number of hydrogen-bond acceptors (Lipinski definition) is 3. The van der Waals surface area contributed by atoms with Crippen molar-refractivity contribution in [2.24, 2.45) is 5.73 Å². The van der Waals surface area contributed by atoms with E-state index < -0.39 is 0 Å². The molecule has 2 heterocycles. The number of nitrogens with zero attached hydrogens (tertiary/aromatic N) is 1. The Morgan fingerprint density at radius 1 is 1.26 bits per heavy atom. The molecule has 0 saturated carbocycles. The third kappa shape index (κ3) is 2.97. The van der Waals surface area contributed by atoms with Crippen LogP contribution in [-0.2, 0) is 11.2 Å². The lowest BCUT2D eigenvalue weighted by Gasteiger charge is -2.28. The van der Waals surface area contributed by atoms with Gasteiger partial charge >= 0.3 is 0 Å². The first-order valence-corrected chi connectivity index (χ1v) is 6.93. The van der Waals surface area contributed by atoms with Crippen LogP contribution in [0, 0.1) is 0 Å². The van der Waals surface area contributed by atoms with Gasteiger partial charge in [-0.1, -0.05) is 18.2 Å². The van der Waals surface area contributed by atoms with Crippen LogP contribution in [0.25, 0.3) is 10.9 Å². The highest BCUT2D eigenvalue weighted by Crippen LogP contribution is 2.18. The minimum atomic E-state index is 0.178. The molecule has 1 aliphatic rings. The predicted molar refractivity (Wildman–Crippen MR) is 77.2 cm³/mol. The summed E-state index contributed by atoms with van der Waals surface area (Å²) in [5, 5.41) is 1.29. The molecule has 1 aromatic heterocycles. The fourth-order valence-electron chi connectivity index (χ4n) is 2.76. The first kappa shape index (κ1) is 12.7. The molecule has 2 aromatic rings. The number of para-hydroxylation sites is 1. The van der Waals surface area contributed by atoms with Crippen LogP contribution < -0.4 is 5.73 Å². The fraction of sp³-hybridized carbons (Fsp3) is 0.467. The summed E-state index contributed by atoms with van der Waals surface area (Å²) in [6, 6.07) is 8.57. The van der Waals surface area contributed by atoms with E-state index in [2.05, 4.69) is 40.3 Å². The number of nitrogens with two attached hydrogens (primary N) is 1. The van der Waals surface area contributed by atoms with E-state index in [-0.39, 0.29) is 6.04 Å². The van der Waals surface area contributed by atoms with Crippen molar-refractivity contribution in [1.82, 2.24) is 9.88 Å². The Bertz CT molecular complexity index is 531. The SMILES string of the molecule is N[C@@H](Cc1c[nH]c2ccccc12)CN1CCOCC1. The van der Waals surface area contributed by atoms with Gasteiger partial charge in [0.2, 0.25) is 0 Å². The number of nitrogens with one attached hydrogen (secondary N) is 1. The van der Waals surface area contributed by atoms with Crippen molar-refractivity contribution >= 4 is 10.9 Å². The van der Waals surface area contributed by atoms with Crippen LogP contribution in [0.5, 0.6) is 0 Å². The van der Waals surface area contributed by atoms with Gasteiger partial charge in [-0.3, -0.25) is 4.90 Å². The maximum absolute atomic E-state index is 6.29. The summed E-state index contributed by atoms with van der Waals surface area (Å²) in [6.07, 6.45) is 3.01. The molecular formula is C15H21N3O. The van der Waals surface area contributed by atoms with Crippen LogP contribution >= 0.6 is 0 Å². The number of fused-ring (bicyclic) bond motifs is 1. The number of hydrogen-bond donors (Lipinski definition) is 2. The van der Waals surface area contributed by atoms with Gasteiger partial charge < -0.3 is 15.5 Å². The van der Waals surface area contributed by atoms with Crippen LogP contribution in [0.15, 0.2) is 30.5 Å². The second kappa shape index (κ2) is 5.74. The molecule has 1 aromatic carbocycles. The van der Waals surface area contributed by atoms with Crippen LogP contribution in [0.4, 0.5) is 0 Å². The average Bonchev–Trinajstić information content (AvgIpc) is 2.83. The molecule has 1 atom stereocenters. The number of benzene rings is 1. The molecule has 1 fully saturated rings. The molecule has 3 rings (SSSR count). The second-order valence-electron chi connectivity index (χ2n) is 5.24. The molecule has 102 valence electrons. The van der Waals surface area contributed by atoms with E-state index in [1.165, 1.54) is 16.5 Å². The average molecular weight is 259 g/mol. The Kier molecular flexibility index (Phi) is 3.82. The van der Waals surface area contributed by atoms with E-state index in [4.69, 9.17) is 10.5 Å². The normalized spacial score (nSPS) is 18.8. The topological polar surface area (TPSA) is 54.3 Å². The molecule has 0 spiro atoms. The van der Waals surface area contributed by atoms with Crippen molar-refractivity contribution in [3.63, 3.8) is 0 Å². The highest BCUT2D eigenvalue weighted by atomic mass is 16.5. The quantitative estimate of drug-likeness (QED) is 0.872. The van der Waals surface area contributed by atoms with Gasteiger partial charge in [0.05, 0.1) is 13.2 Å². The molecule has 0 amide bonds. The molecule has 3 N–H and O–H groups in total. The summed E-state index contributed by atoms with van der Waals surface area (Å²) < 4.78 is 5.36. The maximum Gasteiger partial charge on any atom is 0.0594 e. The van der Waals surface area contributed by atoms with E-state index >= 15 is 0 Å². The molecule has 0 aliphatic carbocycles. The Labute approximate surface area is 113 Å². The van der Waals surface area contributed by atoms with Crippen molar-refractivity contribution in [1.29, 1.82) is 0 Å². The number of aromatic amines is 1. The van der Waals surface area contributed by atoms with E-state index in [9.17, 15) is 0 Å². The molecule has 4 nitrogen and oxygen atoms in total. The summed E-state index contributed by atoms with van der Waals surface area (Å²) >= 11 is 0. The van der Waals surface area contributed by atoms with E-state index in [0.717, 1.165) is 39.3 Å². The lowest BCUT2D eigenvalue weighted by Crippen LogP contribution is -2.44. The summed E-state index contributed by atoms with van der Waals surface area (Å²) in [7, 11) is 0. The number of rotatable bonds is 4. The van der Waals surface area contributed by atoms with E-state index in [1.807, 2.05) is 0 Å². The Morgan fingerprint density at radius 2 is 2.05 bits per heavy atom. The van der Waals surface area contributed by atoms with Gasteiger partial charge in [0.1, 0.15) is 0 Å². The van der Waals surface area contributed by atoms with Crippen LogP contribution in [-0.4, -0.2) is 48.8 Å². The first-order valence-electron chi connectivity index (χ1n) is 6.93. The van der Waals surface area contributed by atoms with Crippen molar-refractivity contribution in [2.45, 2.75) is 12.5 Å². The number of aromatic nitrogens is 1. The van der Waals surface area contributed by atoms with Gasteiger partial charge in [0, 0.05) is 42.8 Å². The van der Waals surface area contributed by atoms with Crippen molar-refractivity contribution in [3.8, 4) is 0 Å². The largest absolute Gasteiger partial charge is 0.379 e. The van der Waals surface area contributed by atoms with Crippen LogP contribution in [0.3, 0.4) is 0 Å². The van der Waals surface area contributed by atoms with Crippen LogP contribution in [0.2, 0.25) is 0 Å². The van der Waals surface area contributed by atoms with E-state index in [1.54, 1.807) is 0 Å². The zero-order valence-corrected chi connectivity index (χ0v) is 11.1. The highest BCUT2D eigenvalue weighted by molar-refractivity contribution is 5.83. The Balaban J connectivity index is 1.63. The first-order chi connectivity index (χ1) is 9.33. The molecular weight excluding hydrogens is 238 g/mol. The number of H-pyrrole nitrogens is 1. The Hall–Kier alpha value is -1.36. The molecule has 19 heavy (non-hydrogen) atoms. The molecule has 0 radical (unpaired) electrons. The maximum atomic E-state index is 6.29. The van der Waals surface area contributed by atoms with Gasteiger partial charge in [-0.15, -0.1) is 0 Å². The predicted octanol–water partition coefficient (Wildman–Crippen LogP) is 1.37. The van der Waals surface area contributed by atoms with Gasteiger partial charge in [0.25, 0.3) is 0 Å². The zero-order chi connectivity index (χ0) is 13.1. The molecule has 1 saturated heterocycles. The third-order valence-electron chi connectivity index (χ3n) is 3.75. The highest BCUT2D eigenvalue weighted by Gasteiger charge is 2.15. The second-order valence-corrected chi connectivity index (χ2v) is 5.24. The van der Waals surface area contributed by atoms with Crippen molar-refractivity contribution < 1.29 is 4.74 Å². The minimum absolute atomic E-state index is 0.178. The summed E-state index contributed by atoms with van der Waals surface area (Å²) in [5.74, 6) is 0. The third-order valence-corrected chi connectivity index (χ3v) is 3.75. The van der Waals surface area contributed by atoms with Gasteiger partial charge in [-0.2, -0.15) is 0 Å². The summed E-state index contributed by atoms with van der Waals surface area (Å²) in [6.45, 7) is 4.62. The standard InChI is InChI=1S/C15H21N3O/c16-13(11-18-5-7-19-8-6-18)9-12-10-17-15-4-2-1-3-14(12)15/h1-4,10,13,17H,5-9,11,16H2/t13-/m0/s1. The number of morpholine rings is 1. The smallest absolute Gasteiger partial charge is 0.0594 e. The molecule has 4 heteroatoms. The van der Waals surface area contributed by atoms with Gasteiger partial charge in [-0.05, 0) is 18.1 Å². The van der Waals surface area contributed by atoms with E-state index in [0.29, 0.717) is 0 Å². The zero-order valence-electron chi connectivity index (χ0n) is 11.1. The molecule has 0 bridgehead atoms. The van der Waals surface area contributed by atoms with Crippen molar-refractivity contribution in [3.05, 3.63) is 36.0 Å². The monoisotopic (exact) mass is 259 g/mol. The fourth-order valence-corrected chi connectivity index (χ4v) is 2.76.